The van der Waals surface area contributed by atoms with Gasteiger partial charge in [-0.2, -0.15) is 0 Å². The minimum atomic E-state index is -2.76. The van der Waals surface area contributed by atoms with E-state index in [2.05, 4.69) is 19.9 Å². The third-order valence-corrected chi connectivity index (χ3v) is 20.7. The first kappa shape index (κ1) is 73.5. The number of rotatable bonds is 13. The standard InChI is InChI=1S/C62H45F17N4O15S3/c63-31-27(32(64)40(72)41(73)39(31)71)23-12-1-3-14(80-12)24(28-33(65)42(74)57(43(75)34(28)66)99-60-54(93)51(90)48(87)20(9-84)96-60)16-5-7-18(82-16)26(30-37(69)46(78)59(47(79)38(30)70)101-62-56(95)53(92)50(89)22(11-86)98-62)19-8-6-17(83-19)25(15-4-2-13(23)81-15)29-35(67)44(76)58(45(77)36(29)68)100-61-55(94)52(91)49(88)21(10-85)97-61/h1-8,20-22,48-56,60-62,80-95H,9-11H2/t20-,21-,22-,48+,49+,50+,51+,52+,53+,54+,55+,56+,60+,61+,62+/m1/s1. The molecule has 0 saturated carbocycles. The third-order valence-electron chi connectivity index (χ3n) is 17.0. The van der Waals surface area contributed by atoms with E-state index in [1.807, 2.05) is 0 Å². The summed E-state index contributed by atoms with van der Waals surface area (Å²) in [6, 6.07) is 5.24. The van der Waals surface area contributed by atoms with Crippen molar-refractivity contribution in [2.24, 2.45) is 0 Å². The summed E-state index contributed by atoms with van der Waals surface area (Å²) in [5.74, 6) is -42.3. The van der Waals surface area contributed by atoms with Crippen LogP contribution < -0.4 is 21.4 Å². The maximum atomic E-state index is 17.4. The zero-order valence-corrected chi connectivity index (χ0v) is 52.1. The van der Waals surface area contributed by atoms with Crippen LogP contribution in [-0.2, 0) is 14.2 Å². The van der Waals surface area contributed by atoms with E-state index < -0.39 is 312 Å². The number of H-pyrrole nitrogens is 4. The highest BCUT2D eigenvalue weighted by Crippen LogP contribution is 2.46. The Labute approximate surface area is 563 Å². The average molecular weight is 1510 g/mol. The molecule has 0 aliphatic carbocycles. The van der Waals surface area contributed by atoms with Gasteiger partial charge in [-0.1, -0.05) is 35.3 Å². The Kier molecular flexibility index (Phi) is 20.4. The van der Waals surface area contributed by atoms with Crippen LogP contribution in [0.3, 0.4) is 0 Å². The molecule has 12 rings (SSSR count). The average Bonchev–Trinajstić information content (AvgIpc) is 1.70. The van der Waals surface area contributed by atoms with E-state index in [-0.39, 0.29) is 35.3 Å². The second-order valence-corrected chi connectivity index (χ2v) is 26.2. The molecule has 39 heteroatoms. The first-order valence-electron chi connectivity index (χ1n) is 29.1. The number of aliphatic hydroxyl groups is 12. The van der Waals surface area contributed by atoms with Crippen molar-refractivity contribution in [1.29, 1.82) is 0 Å². The maximum Gasteiger partial charge on any atom is 0.200 e. The summed E-state index contributed by atoms with van der Waals surface area (Å²) in [7, 11) is 0. The van der Waals surface area contributed by atoms with Gasteiger partial charge in [-0.15, -0.1) is 0 Å². The molecule has 15 atom stereocenters. The molecule has 101 heavy (non-hydrogen) atoms. The molecule has 3 saturated heterocycles. The van der Waals surface area contributed by atoms with Gasteiger partial charge in [0.15, 0.2) is 93.1 Å². The van der Waals surface area contributed by atoms with Crippen molar-refractivity contribution in [3.8, 4) is 0 Å². The van der Waals surface area contributed by atoms with E-state index in [1.54, 1.807) is 0 Å². The minimum Gasteiger partial charge on any atom is -0.394 e. The topological polar surface area (TPSA) is 334 Å². The largest absolute Gasteiger partial charge is 0.394 e. The smallest absolute Gasteiger partial charge is 0.200 e. The van der Waals surface area contributed by atoms with E-state index >= 15 is 70.2 Å². The fourth-order valence-corrected chi connectivity index (χ4v) is 15.2. The van der Waals surface area contributed by atoms with Gasteiger partial charge in [-0.25, -0.2) is 74.6 Å². The summed E-state index contributed by atoms with van der Waals surface area (Å²) in [6.45, 7) is -3.34. The Morgan fingerprint density at radius 1 is 0.257 bits per heavy atom. The molecule has 4 aliphatic heterocycles. The molecule has 16 N–H and O–H groups in total. The molecule has 0 unspecified atom stereocenters. The molecule has 0 amide bonds. The fourth-order valence-electron chi connectivity index (χ4n) is 11.9. The number of fused-ring (bicyclic) bond motifs is 8. The second kappa shape index (κ2) is 28.1. The first-order valence-corrected chi connectivity index (χ1v) is 31.7. The summed E-state index contributed by atoms with van der Waals surface area (Å²) in [5.41, 5.74) is -22.8. The third kappa shape index (κ3) is 12.1. The molecule has 19 nitrogen and oxygen atoms in total. The lowest BCUT2D eigenvalue weighted by molar-refractivity contribution is -0.205. The Morgan fingerprint density at radius 2 is 0.455 bits per heavy atom. The van der Waals surface area contributed by atoms with Crippen LogP contribution in [0.4, 0.5) is 74.6 Å². The highest BCUT2D eigenvalue weighted by molar-refractivity contribution is 8.00. The van der Waals surface area contributed by atoms with Gasteiger partial charge >= 0.3 is 0 Å². The number of hydrogen-bond donors (Lipinski definition) is 16. The van der Waals surface area contributed by atoms with Crippen LogP contribution in [0.15, 0.2) is 63.2 Å². The lowest BCUT2D eigenvalue weighted by Crippen LogP contribution is -2.57. The quantitative estimate of drug-likeness (QED) is 0.0448. The highest BCUT2D eigenvalue weighted by Gasteiger charge is 2.49. The van der Waals surface area contributed by atoms with Crippen LogP contribution in [0, 0.1) is 98.9 Å². The SMILES string of the molecule is OC[C@H]1O[C@@H](Sc2c(F)c(F)c(C3=c4ccc([nH]4)=C(c4c(F)c(F)c(F)c(F)c4F)c4ccc([nH]4)C(c4c(F)c(F)c(S[C@@H]5O[C@H](CO)[C@H](O)[C@H](O)[C@@H]5O)c(F)c4F)=c4ccc([nH]4)=C(c4c(F)c(F)c(S[C@@H]5O[C@H](CO)[C@H](O)[C@H](O)[C@@H]5O)c(F)c4F)c4ccc3[nH]4)c(F)c2F)[C@@H](O)[C@@H](O)[C@H]1O. The summed E-state index contributed by atoms with van der Waals surface area (Å²) in [6.07, 6.45) is -25.2. The summed E-state index contributed by atoms with van der Waals surface area (Å²) >= 11 is -1.04. The number of aromatic nitrogens is 4. The van der Waals surface area contributed by atoms with Gasteiger partial charge in [0, 0.05) is 66.5 Å². The monoisotopic (exact) mass is 1500 g/mol. The van der Waals surface area contributed by atoms with Crippen molar-refractivity contribution < 1.29 is 150 Å². The molecule has 3 fully saturated rings. The van der Waals surface area contributed by atoms with Crippen molar-refractivity contribution in [3.63, 3.8) is 0 Å². The van der Waals surface area contributed by atoms with Crippen LogP contribution in [0.1, 0.15) is 45.0 Å². The van der Waals surface area contributed by atoms with E-state index in [0.29, 0.717) is 48.5 Å². The predicted octanol–water partition coefficient (Wildman–Crippen LogP) is 2.34. The number of thioether (sulfide) groups is 3. The molecular formula is C62H45F17N4O15S3. The second-order valence-electron chi connectivity index (χ2n) is 22.9. The molecule has 4 aliphatic rings. The Balaban J connectivity index is 1.17. The number of aromatic amines is 4. The molecule has 4 aromatic carbocycles. The van der Waals surface area contributed by atoms with Gasteiger partial charge in [0.25, 0.3) is 0 Å². The van der Waals surface area contributed by atoms with Crippen LogP contribution in [0.5, 0.6) is 0 Å². The predicted molar refractivity (Wildman–Crippen MR) is 312 cm³/mol. The van der Waals surface area contributed by atoms with Gasteiger partial charge in [0.1, 0.15) is 89.6 Å². The number of halogens is 17. The van der Waals surface area contributed by atoms with Gasteiger partial charge in [-0.3, -0.25) is 0 Å². The molecule has 0 radical (unpaired) electrons. The lowest BCUT2D eigenvalue weighted by atomic mass is 10.00. The molecule has 4 aromatic heterocycles. The fraction of sp³-hybridized carbons (Fsp3) is 0.290. The lowest BCUT2D eigenvalue weighted by Gasteiger charge is -2.39. The van der Waals surface area contributed by atoms with Crippen molar-refractivity contribution in [1.82, 2.24) is 19.9 Å². The van der Waals surface area contributed by atoms with Crippen molar-refractivity contribution in [2.75, 3.05) is 19.8 Å². The summed E-state index contributed by atoms with van der Waals surface area (Å²) in [4.78, 5) is 4.44. The highest BCUT2D eigenvalue weighted by atomic mass is 32.2. The zero-order chi connectivity index (χ0) is 73.3. The van der Waals surface area contributed by atoms with Gasteiger partial charge in [0.2, 0.25) is 5.82 Å². The van der Waals surface area contributed by atoms with Gasteiger partial charge in [0.05, 0.1) is 56.8 Å². The maximum absolute atomic E-state index is 17.4. The van der Waals surface area contributed by atoms with E-state index in [1.165, 1.54) is 0 Å². The Bertz CT molecular complexity index is 4810. The molecular weight excluding hydrogens is 1460 g/mol. The normalized spacial score (nSPS) is 26.4. The molecule has 8 heterocycles. The van der Waals surface area contributed by atoms with E-state index in [9.17, 15) is 65.7 Å². The van der Waals surface area contributed by atoms with Crippen LogP contribution in [-0.4, -0.2) is 191 Å². The van der Waals surface area contributed by atoms with Gasteiger partial charge in [-0.05, 0) is 48.5 Å². The van der Waals surface area contributed by atoms with Crippen molar-refractivity contribution in [3.05, 3.63) is 214 Å². The molecule has 0 spiro atoms. The van der Waals surface area contributed by atoms with E-state index in [4.69, 9.17) is 14.2 Å². The minimum absolute atomic E-state index is 0.345. The zero-order valence-electron chi connectivity index (χ0n) is 49.6. The van der Waals surface area contributed by atoms with Crippen LogP contribution >= 0.6 is 35.3 Å². The Hall–Kier alpha value is -7.26. The number of nitrogens with one attached hydrogen (secondary N) is 4. The molecule has 8 bridgehead atoms. The number of ether oxygens (including phenoxy) is 3. The Morgan fingerprint density at radius 3 is 0.663 bits per heavy atom. The first-order chi connectivity index (χ1) is 47.8. The molecule has 8 aromatic rings. The van der Waals surface area contributed by atoms with E-state index in [0.717, 1.165) is 0 Å². The van der Waals surface area contributed by atoms with Crippen LogP contribution in [0.2, 0.25) is 0 Å². The number of aliphatic hydroxyl groups excluding tert-OH is 12. The molecule has 540 valence electrons. The van der Waals surface area contributed by atoms with Crippen LogP contribution in [0.25, 0.3) is 22.3 Å². The summed E-state index contributed by atoms with van der Waals surface area (Å²) in [5, 5.41) is 120. The summed E-state index contributed by atoms with van der Waals surface area (Å²) < 4.78 is 300. The van der Waals surface area contributed by atoms with Gasteiger partial charge < -0.3 is 95.4 Å². The number of hydrogen-bond acceptors (Lipinski definition) is 18. The number of benzene rings is 4. The van der Waals surface area contributed by atoms with Crippen molar-refractivity contribution >= 4 is 57.6 Å². The van der Waals surface area contributed by atoms with Crippen molar-refractivity contribution in [2.45, 2.75) is 104 Å².